The molecule has 2 aromatic heterocycles. The van der Waals surface area contributed by atoms with Crippen LogP contribution in [0.2, 0.25) is 0 Å². The Morgan fingerprint density at radius 1 is 1.21 bits per heavy atom. The zero-order valence-corrected chi connectivity index (χ0v) is 24.1. The monoisotopic (exact) mass is 605 g/mol. The van der Waals surface area contributed by atoms with Crippen molar-refractivity contribution in [2.75, 3.05) is 32.4 Å². The van der Waals surface area contributed by atoms with Crippen molar-refractivity contribution in [2.45, 2.75) is 45.3 Å². The van der Waals surface area contributed by atoms with E-state index in [0.29, 0.717) is 17.1 Å². The van der Waals surface area contributed by atoms with E-state index in [4.69, 9.17) is 33.7 Å². The molecule has 0 saturated heterocycles. The number of benzene rings is 1. The fourth-order valence-corrected chi connectivity index (χ4v) is 6.12. The van der Waals surface area contributed by atoms with Gasteiger partial charge in [0.05, 0.1) is 26.7 Å². The van der Waals surface area contributed by atoms with Gasteiger partial charge in [0.15, 0.2) is 34.2 Å². The summed E-state index contributed by atoms with van der Waals surface area (Å²) in [6.07, 6.45) is 6.24. The van der Waals surface area contributed by atoms with E-state index in [0.717, 1.165) is 25.7 Å². The van der Waals surface area contributed by atoms with Crippen LogP contribution in [0.1, 0.15) is 37.7 Å². The average Bonchev–Trinajstić information content (AvgIpc) is 3.57. The molecule has 1 aliphatic heterocycles. The van der Waals surface area contributed by atoms with Gasteiger partial charge in [-0.05, 0) is 37.1 Å². The number of allylic oxidation sites excluding steroid dienone is 1. The van der Waals surface area contributed by atoms with Gasteiger partial charge in [-0.2, -0.15) is 4.98 Å². The molecule has 1 atom stereocenters. The smallest absolute Gasteiger partial charge is 0.356 e. The van der Waals surface area contributed by atoms with Gasteiger partial charge >= 0.3 is 7.60 Å². The number of aromatic nitrogens is 4. The van der Waals surface area contributed by atoms with Crippen LogP contribution in [0.15, 0.2) is 53.4 Å². The predicted octanol–water partition coefficient (Wildman–Crippen LogP) is 4.56. The summed E-state index contributed by atoms with van der Waals surface area (Å²) in [5.41, 5.74) is 6.05. The van der Waals surface area contributed by atoms with Crippen molar-refractivity contribution in [3.05, 3.63) is 70.3 Å². The van der Waals surface area contributed by atoms with Crippen LogP contribution in [0.5, 0.6) is 5.75 Å². The zero-order chi connectivity index (χ0) is 29.7. The molecule has 0 spiro atoms. The quantitative estimate of drug-likeness (QED) is 0.207. The number of rotatable bonds is 13. The van der Waals surface area contributed by atoms with Crippen LogP contribution in [-0.4, -0.2) is 46.2 Å². The van der Waals surface area contributed by atoms with Crippen molar-refractivity contribution in [1.82, 2.24) is 19.5 Å². The van der Waals surface area contributed by atoms with Crippen LogP contribution in [0.25, 0.3) is 11.2 Å². The summed E-state index contributed by atoms with van der Waals surface area (Å²) < 4.78 is 63.3. The third-order valence-corrected chi connectivity index (χ3v) is 8.51. The first kappa shape index (κ1) is 29.8. The van der Waals surface area contributed by atoms with Crippen LogP contribution in [0, 0.1) is 11.7 Å². The topological polar surface area (TPSA) is 162 Å². The number of hydrogen-bond donors (Lipinski definition) is 2. The molecule has 3 aromatic rings. The molecule has 42 heavy (non-hydrogen) atoms. The van der Waals surface area contributed by atoms with Crippen LogP contribution in [0.4, 0.5) is 10.3 Å². The molecule has 13 nitrogen and oxygen atoms in total. The predicted molar refractivity (Wildman–Crippen MR) is 150 cm³/mol. The molecule has 0 amide bonds. The molecule has 226 valence electrons. The molecule has 0 radical (unpaired) electrons. The standard InChI is InChI=1S/C27H33FN5O8P/c1-17-40-22(24(41-17)19-6-4-3-5-7-19)14-39-42(35,38-13-18-8-9-21(36-2)20(28)12-18)16-37-11-10-33-15-30-23-25(33)31-27(29)32-26(23)34/h8-9,12,15,19H,1,3-7,10-11,13-14,16H2,2H3,(H3,29,31,32,34). The molecule has 1 saturated carbocycles. The Morgan fingerprint density at radius 2 is 2.00 bits per heavy atom. The van der Waals surface area contributed by atoms with Crippen molar-refractivity contribution in [3.8, 4) is 5.75 Å². The number of halogens is 1. The summed E-state index contributed by atoms with van der Waals surface area (Å²) in [6.45, 7) is 3.63. The summed E-state index contributed by atoms with van der Waals surface area (Å²) >= 11 is 0. The van der Waals surface area contributed by atoms with E-state index in [-0.39, 0.29) is 61.1 Å². The SMILES string of the molecule is C=C1OC(COP(=O)(COCCn2cnc3c(=O)[nH]c(N)nc32)OCc2ccc(OC)c(F)c2)=C(C2CCCCC2)O1. The highest BCUT2D eigenvalue weighted by atomic mass is 31.2. The molecule has 15 heteroatoms. The number of nitrogen functional groups attached to an aromatic ring is 1. The highest BCUT2D eigenvalue weighted by Crippen LogP contribution is 2.50. The first-order chi connectivity index (χ1) is 20.2. The molecule has 3 heterocycles. The maximum atomic E-state index is 14.2. The van der Waals surface area contributed by atoms with Crippen LogP contribution in [0.3, 0.4) is 0 Å². The lowest BCUT2D eigenvalue weighted by Crippen LogP contribution is -2.14. The Labute approximate surface area is 241 Å². The van der Waals surface area contributed by atoms with E-state index >= 15 is 0 Å². The fraction of sp³-hybridized carbons (Fsp3) is 0.444. The molecule has 1 aromatic carbocycles. The summed E-state index contributed by atoms with van der Waals surface area (Å²) in [7, 11) is -2.55. The van der Waals surface area contributed by atoms with Crippen LogP contribution < -0.4 is 16.0 Å². The minimum absolute atomic E-state index is 0.0425. The first-order valence-electron chi connectivity index (χ1n) is 13.5. The van der Waals surface area contributed by atoms with E-state index in [1.54, 1.807) is 10.6 Å². The molecule has 3 N–H and O–H groups in total. The maximum Gasteiger partial charge on any atom is 0.356 e. The molecular weight excluding hydrogens is 572 g/mol. The minimum atomic E-state index is -3.92. The molecular formula is C27H33FN5O8P. The lowest BCUT2D eigenvalue weighted by atomic mass is 9.87. The van der Waals surface area contributed by atoms with Crippen LogP contribution >= 0.6 is 7.60 Å². The second-order valence-corrected chi connectivity index (χ2v) is 11.9. The number of imidazole rings is 1. The second kappa shape index (κ2) is 13.1. The lowest BCUT2D eigenvalue weighted by molar-refractivity contribution is 0.114. The summed E-state index contributed by atoms with van der Waals surface area (Å²) in [5, 5.41) is 0. The van der Waals surface area contributed by atoms with E-state index in [1.165, 1.54) is 32.0 Å². The number of H-pyrrole nitrogens is 1. The average molecular weight is 606 g/mol. The molecule has 1 unspecified atom stereocenters. The number of hydrogen-bond acceptors (Lipinski definition) is 11. The van der Waals surface area contributed by atoms with Crippen molar-refractivity contribution in [2.24, 2.45) is 5.92 Å². The summed E-state index contributed by atoms with van der Waals surface area (Å²) in [5.74, 6) is 0.782. The van der Waals surface area contributed by atoms with Gasteiger partial charge < -0.3 is 33.8 Å². The Bertz CT molecular complexity index is 1580. The third-order valence-electron chi connectivity index (χ3n) is 6.97. The number of ether oxygens (including phenoxy) is 4. The summed E-state index contributed by atoms with van der Waals surface area (Å²) in [4.78, 5) is 22.6. The van der Waals surface area contributed by atoms with E-state index in [1.807, 2.05) is 0 Å². The van der Waals surface area contributed by atoms with Gasteiger partial charge in [0.2, 0.25) is 5.95 Å². The normalized spacial score (nSPS) is 17.3. The first-order valence-corrected chi connectivity index (χ1v) is 15.2. The Morgan fingerprint density at radius 3 is 2.76 bits per heavy atom. The van der Waals surface area contributed by atoms with Crippen molar-refractivity contribution in [3.63, 3.8) is 0 Å². The highest BCUT2D eigenvalue weighted by molar-refractivity contribution is 7.53. The van der Waals surface area contributed by atoms with Gasteiger partial charge in [-0.15, -0.1) is 0 Å². The van der Waals surface area contributed by atoms with Gasteiger partial charge in [-0.25, -0.2) is 9.37 Å². The number of methoxy groups -OCH3 is 1. The Balaban J connectivity index is 1.27. The third kappa shape index (κ3) is 7.01. The van der Waals surface area contributed by atoms with E-state index in [9.17, 15) is 13.8 Å². The Hall–Kier alpha value is -3.71. The summed E-state index contributed by atoms with van der Waals surface area (Å²) in [6, 6.07) is 4.28. The zero-order valence-electron chi connectivity index (χ0n) is 23.2. The molecule has 1 fully saturated rings. The van der Waals surface area contributed by atoms with E-state index in [2.05, 4.69) is 21.5 Å². The Kier molecular flexibility index (Phi) is 9.27. The van der Waals surface area contributed by atoms with Gasteiger partial charge in [-0.3, -0.25) is 18.9 Å². The largest absolute Gasteiger partial charge is 0.494 e. The van der Waals surface area contributed by atoms with Gasteiger partial charge in [0, 0.05) is 12.5 Å². The number of nitrogens with one attached hydrogen (secondary N) is 1. The minimum Gasteiger partial charge on any atom is -0.494 e. The van der Waals surface area contributed by atoms with Crippen LogP contribution in [-0.2, 0) is 41.0 Å². The van der Waals surface area contributed by atoms with Crippen molar-refractivity contribution < 1.29 is 37.0 Å². The second-order valence-electron chi connectivity index (χ2n) is 9.92. The van der Waals surface area contributed by atoms with Crippen molar-refractivity contribution in [1.29, 1.82) is 0 Å². The molecule has 5 rings (SSSR count). The number of nitrogens with zero attached hydrogens (tertiary/aromatic N) is 3. The molecule has 2 aliphatic rings. The number of aromatic amines is 1. The highest BCUT2D eigenvalue weighted by Gasteiger charge is 2.33. The number of fused-ring (bicyclic) bond motifs is 1. The molecule has 1 aliphatic carbocycles. The van der Waals surface area contributed by atoms with Crippen molar-refractivity contribution >= 4 is 24.7 Å². The maximum absolute atomic E-state index is 14.2. The van der Waals surface area contributed by atoms with Gasteiger partial charge in [0.1, 0.15) is 13.0 Å². The van der Waals surface area contributed by atoms with Gasteiger partial charge in [0.25, 0.3) is 11.5 Å². The number of nitrogens with two attached hydrogens (primary N) is 1. The number of anilines is 1. The lowest BCUT2D eigenvalue weighted by Gasteiger charge is -2.22. The molecule has 0 bridgehead atoms. The van der Waals surface area contributed by atoms with Gasteiger partial charge in [-0.1, -0.05) is 25.3 Å². The van der Waals surface area contributed by atoms with E-state index < -0.39 is 25.3 Å². The fourth-order valence-electron chi connectivity index (χ4n) is 4.88.